The van der Waals surface area contributed by atoms with E-state index in [1.54, 1.807) is 23.3 Å². The molecule has 2 heterocycles. The maximum atomic E-state index is 12.5. The largest absolute Gasteiger partial charge is 0.337 e. The van der Waals surface area contributed by atoms with E-state index in [1.165, 1.54) is 23.4 Å². The van der Waals surface area contributed by atoms with Crippen molar-refractivity contribution in [1.29, 1.82) is 0 Å². The first-order valence-electron chi connectivity index (χ1n) is 7.85. The molecule has 23 heavy (non-hydrogen) atoms. The minimum atomic E-state index is -0.666. The molecule has 4 amide bonds. The van der Waals surface area contributed by atoms with E-state index in [2.05, 4.69) is 15.6 Å². The molecular weight excluding hydrogens is 316 g/mol. The number of urea groups is 1. The summed E-state index contributed by atoms with van der Waals surface area (Å²) in [6, 6.07) is -1.27. The van der Waals surface area contributed by atoms with Gasteiger partial charge in [-0.2, -0.15) is 0 Å². The van der Waals surface area contributed by atoms with Gasteiger partial charge in [0.05, 0.1) is 12.2 Å². The Kier molecular flexibility index (Phi) is 4.61. The number of hydrogen-bond acceptors (Lipinski definition) is 5. The molecule has 0 radical (unpaired) electrons. The van der Waals surface area contributed by atoms with Gasteiger partial charge in [-0.25, -0.2) is 9.78 Å². The van der Waals surface area contributed by atoms with Crippen LogP contribution in [0.2, 0.25) is 0 Å². The van der Waals surface area contributed by atoms with Crippen molar-refractivity contribution in [2.45, 2.75) is 51.1 Å². The second-order valence-electron chi connectivity index (χ2n) is 5.99. The molecule has 0 spiro atoms. The molecule has 0 saturated carbocycles. The SMILES string of the molecule is CN(Cc1nc2c(s1)CCCC2)C(=O)[C@H]1CCC(=O)NC(=O)N1. The number of aromatic nitrogens is 1. The Bertz CT molecular complexity index is 619. The summed E-state index contributed by atoms with van der Waals surface area (Å²) >= 11 is 1.67. The molecule has 1 fully saturated rings. The Labute approximate surface area is 138 Å². The van der Waals surface area contributed by atoms with Crippen molar-refractivity contribution in [3.63, 3.8) is 0 Å². The average Bonchev–Trinajstić information content (AvgIpc) is 2.84. The van der Waals surface area contributed by atoms with Gasteiger partial charge in [0.25, 0.3) is 0 Å². The molecule has 1 atom stereocenters. The van der Waals surface area contributed by atoms with Crippen LogP contribution in [0.1, 0.15) is 41.3 Å². The van der Waals surface area contributed by atoms with Gasteiger partial charge in [0.2, 0.25) is 11.8 Å². The van der Waals surface area contributed by atoms with Gasteiger partial charge in [-0.3, -0.25) is 14.9 Å². The van der Waals surface area contributed by atoms with Crippen molar-refractivity contribution in [1.82, 2.24) is 20.5 Å². The van der Waals surface area contributed by atoms with Crippen LogP contribution in [-0.4, -0.2) is 40.8 Å². The number of likely N-dealkylation sites (N-methyl/N-ethyl adjacent to an activating group) is 1. The van der Waals surface area contributed by atoms with Crippen molar-refractivity contribution in [3.05, 3.63) is 15.6 Å². The molecule has 1 aliphatic carbocycles. The number of carbonyl (C=O) groups is 3. The third kappa shape index (κ3) is 3.69. The Morgan fingerprint density at radius 2 is 2.09 bits per heavy atom. The van der Waals surface area contributed by atoms with Gasteiger partial charge in [-0.05, 0) is 32.1 Å². The number of hydrogen-bond donors (Lipinski definition) is 2. The molecule has 8 heteroatoms. The third-order valence-corrected chi connectivity index (χ3v) is 5.30. The first-order valence-corrected chi connectivity index (χ1v) is 8.67. The van der Waals surface area contributed by atoms with Gasteiger partial charge in [0.15, 0.2) is 0 Å². The number of fused-ring (bicyclic) bond motifs is 1. The summed E-state index contributed by atoms with van der Waals surface area (Å²) in [7, 11) is 1.70. The van der Waals surface area contributed by atoms with Crippen LogP contribution >= 0.6 is 11.3 Å². The highest BCUT2D eigenvalue weighted by molar-refractivity contribution is 7.11. The quantitative estimate of drug-likeness (QED) is 0.860. The van der Waals surface area contributed by atoms with Crippen LogP contribution < -0.4 is 10.6 Å². The molecule has 1 aliphatic heterocycles. The molecule has 1 aromatic rings. The highest BCUT2D eigenvalue weighted by Gasteiger charge is 2.28. The lowest BCUT2D eigenvalue weighted by Gasteiger charge is -2.22. The first kappa shape index (κ1) is 15.9. The van der Waals surface area contributed by atoms with E-state index in [-0.39, 0.29) is 18.2 Å². The summed E-state index contributed by atoms with van der Waals surface area (Å²) in [5.74, 6) is -0.545. The average molecular weight is 336 g/mol. The van der Waals surface area contributed by atoms with E-state index in [0.29, 0.717) is 13.0 Å². The fourth-order valence-electron chi connectivity index (χ4n) is 2.94. The molecule has 7 nitrogen and oxygen atoms in total. The summed E-state index contributed by atoms with van der Waals surface area (Å²) in [6.07, 6.45) is 4.97. The molecule has 3 rings (SSSR count). The van der Waals surface area contributed by atoms with Crippen LogP contribution in [0.4, 0.5) is 4.79 Å². The summed E-state index contributed by atoms with van der Waals surface area (Å²) in [6.45, 7) is 0.435. The fraction of sp³-hybridized carbons (Fsp3) is 0.600. The fourth-order valence-corrected chi connectivity index (χ4v) is 4.15. The summed E-state index contributed by atoms with van der Waals surface area (Å²) < 4.78 is 0. The van der Waals surface area contributed by atoms with Gasteiger partial charge in [0.1, 0.15) is 11.0 Å². The van der Waals surface area contributed by atoms with Gasteiger partial charge >= 0.3 is 6.03 Å². The number of carbonyl (C=O) groups excluding carboxylic acids is 3. The highest BCUT2D eigenvalue weighted by atomic mass is 32.1. The number of aryl methyl sites for hydroxylation is 2. The second-order valence-corrected chi connectivity index (χ2v) is 7.16. The summed E-state index contributed by atoms with van der Waals surface area (Å²) in [5.41, 5.74) is 1.18. The highest BCUT2D eigenvalue weighted by Crippen LogP contribution is 2.27. The zero-order valence-electron chi connectivity index (χ0n) is 13.1. The summed E-state index contributed by atoms with van der Waals surface area (Å²) in [5, 5.41) is 5.66. The van der Waals surface area contributed by atoms with Crippen molar-refractivity contribution in [3.8, 4) is 0 Å². The number of nitrogens with one attached hydrogen (secondary N) is 2. The van der Waals surface area contributed by atoms with Gasteiger partial charge in [-0.15, -0.1) is 11.3 Å². The minimum absolute atomic E-state index is 0.161. The van der Waals surface area contributed by atoms with E-state index >= 15 is 0 Å². The van der Waals surface area contributed by atoms with Crippen molar-refractivity contribution in [2.24, 2.45) is 0 Å². The molecule has 1 aromatic heterocycles. The van der Waals surface area contributed by atoms with E-state index < -0.39 is 12.1 Å². The lowest BCUT2D eigenvalue weighted by Crippen LogP contribution is -2.48. The Morgan fingerprint density at radius 1 is 1.30 bits per heavy atom. The molecule has 2 aliphatic rings. The van der Waals surface area contributed by atoms with E-state index in [0.717, 1.165) is 17.8 Å². The predicted molar refractivity (Wildman–Crippen MR) is 84.9 cm³/mol. The zero-order valence-corrected chi connectivity index (χ0v) is 13.9. The van der Waals surface area contributed by atoms with Crippen molar-refractivity contribution >= 4 is 29.2 Å². The predicted octanol–water partition coefficient (Wildman–Crippen LogP) is 0.968. The monoisotopic (exact) mass is 336 g/mol. The first-order chi connectivity index (χ1) is 11.0. The number of rotatable bonds is 3. The molecule has 2 N–H and O–H groups in total. The van der Waals surface area contributed by atoms with Crippen molar-refractivity contribution in [2.75, 3.05) is 7.05 Å². The van der Waals surface area contributed by atoms with Crippen molar-refractivity contribution < 1.29 is 14.4 Å². The maximum absolute atomic E-state index is 12.5. The van der Waals surface area contributed by atoms with Gasteiger partial charge in [-0.1, -0.05) is 0 Å². The Hall–Kier alpha value is -1.96. The zero-order chi connectivity index (χ0) is 16.4. The maximum Gasteiger partial charge on any atom is 0.322 e. The normalized spacial score (nSPS) is 21.0. The number of amides is 4. The molecular formula is C15H20N4O3S. The molecule has 0 bridgehead atoms. The molecule has 1 saturated heterocycles. The van der Waals surface area contributed by atoms with Crippen LogP contribution in [0.15, 0.2) is 0 Å². The molecule has 124 valence electrons. The van der Waals surface area contributed by atoms with Gasteiger partial charge < -0.3 is 10.2 Å². The number of thiazole rings is 1. The Morgan fingerprint density at radius 3 is 2.87 bits per heavy atom. The smallest absolute Gasteiger partial charge is 0.322 e. The minimum Gasteiger partial charge on any atom is -0.337 e. The number of imide groups is 1. The van der Waals surface area contributed by atoms with Crippen LogP contribution in [-0.2, 0) is 29.0 Å². The third-order valence-electron chi connectivity index (χ3n) is 4.16. The lowest BCUT2D eigenvalue weighted by molar-refractivity contribution is -0.132. The van der Waals surface area contributed by atoms with Crippen LogP contribution in [0.25, 0.3) is 0 Å². The second kappa shape index (κ2) is 6.66. The topological polar surface area (TPSA) is 91.4 Å². The van der Waals surface area contributed by atoms with Gasteiger partial charge in [0, 0.05) is 18.3 Å². The van der Waals surface area contributed by atoms with E-state index in [1.807, 2.05) is 0 Å². The Balaban J connectivity index is 1.64. The van der Waals surface area contributed by atoms with Crippen LogP contribution in [0.3, 0.4) is 0 Å². The molecule has 0 unspecified atom stereocenters. The van der Waals surface area contributed by atoms with Crippen LogP contribution in [0, 0.1) is 0 Å². The summed E-state index contributed by atoms with van der Waals surface area (Å²) in [4.78, 5) is 42.9. The standard InChI is InChI=1S/C15H20N4O3S/c1-19(8-13-16-9-4-2-3-5-11(9)23-13)14(21)10-6-7-12(20)18-15(22)17-10/h10H,2-8H2,1H3,(H2,17,18,20,22)/t10-/m1/s1. The van der Waals surface area contributed by atoms with E-state index in [9.17, 15) is 14.4 Å². The molecule has 0 aromatic carbocycles. The number of nitrogens with zero attached hydrogens (tertiary/aromatic N) is 2. The lowest BCUT2D eigenvalue weighted by atomic mass is 10.0. The van der Waals surface area contributed by atoms with E-state index in [4.69, 9.17) is 0 Å². The van der Waals surface area contributed by atoms with Crippen LogP contribution in [0.5, 0.6) is 0 Å².